The van der Waals surface area contributed by atoms with Gasteiger partial charge in [0, 0.05) is 19.3 Å². The zero-order valence-corrected chi connectivity index (χ0v) is 49.0. The lowest BCUT2D eigenvalue weighted by molar-refractivity contribution is -0.166. The molecule has 0 aromatic rings. The molecule has 0 fully saturated rings. The SMILES string of the molecule is CC/C=C\C/C=C\C/C=C\C/C=C\CCC(=O)OCC(COC(=O)CCCCCCCCCC/C=C\C/C=C\C/C=C\CCCCCCC)OC(=O)CCCCCCCCCCC/C=C\C/C=C\CCCCCCC. The Balaban J connectivity index is 4.41. The van der Waals surface area contributed by atoms with E-state index in [1.165, 1.54) is 154 Å². The maximum absolute atomic E-state index is 12.9. The van der Waals surface area contributed by atoms with Crippen LogP contribution in [0.1, 0.15) is 290 Å². The number of rotatable bonds is 56. The van der Waals surface area contributed by atoms with Crippen molar-refractivity contribution in [2.45, 2.75) is 297 Å². The molecule has 0 aliphatic rings. The van der Waals surface area contributed by atoms with Gasteiger partial charge in [0.2, 0.25) is 0 Å². The van der Waals surface area contributed by atoms with E-state index in [2.05, 4.69) is 124 Å². The Morgan fingerprint density at radius 2 is 0.547 bits per heavy atom. The van der Waals surface area contributed by atoms with Crippen molar-refractivity contribution in [2.75, 3.05) is 13.2 Å². The van der Waals surface area contributed by atoms with Crippen molar-refractivity contribution in [3.63, 3.8) is 0 Å². The van der Waals surface area contributed by atoms with E-state index >= 15 is 0 Å². The standard InChI is InChI=1S/C69H116O6/c1-4-7-10-13-16-19-22-25-27-29-31-33-34-36-37-39-41-44-47-50-53-56-59-62-68(71)74-65-66(64-73-67(70)61-58-55-52-49-46-43-24-21-18-15-12-9-6-3)75-69(72)63-60-57-54-51-48-45-42-40-38-35-32-30-28-26-23-20-17-14-11-8-5-2/h9,12,18,21-23,25-26,29-32,34,36,43,46,52,55,66H,4-8,10-11,13-17,19-20,24,27-28,33,35,37-42,44-45,47-51,53-54,56-65H2,1-3H3/b12-9-,21-18-,25-22-,26-23-,31-29-,32-30-,36-34-,46-43-,55-52-. The van der Waals surface area contributed by atoms with Crippen molar-refractivity contribution >= 4 is 17.9 Å². The van der Waals surface area contributed by atoms with E-state index in [0.29, 0.717) is 19.3 Å². The first kappa shape index (κ1) is 71.1. The lowest BCUT2D eigenvalue weighted by Crippen LogP contribution is -2.30. The molecule has 0 saturated carbocycles. The van der Waals surface area contributed by atoms with Crippen LogP contribution in [0, 0.1) is 0 Å². The second-order valence-electron chi connectivity index (χ2n) is 20.6. The predicted octanol–water partition coefficient (Wildman–Crippen LogP) is 21.4. The summed E-state index contributed by atoms with van der Waals surface area (Å²) < 4.78 is 16.8. The third kappa shape index (κ3) is 60.8. The van der Waals surface area contributed by atoms with E-state index in [1.807, 2.05) is 6.08 Å². The summed E-state index contributed by atoms with van der Waals surface area (Å²) in [6.07, 6.45) is 85.3. The molecule has 0 heterocycles. The molecule has 6 nitrogen and oxygen atoms in total. The van der Waals surface area contributed by atoms with Crippen LogP contribution in [0.3, 0.4) is 0 Å². The van der Waals surface area contributed by atoms with Crippen LogP contribution in [0.5, 0.6) is 0 Å². The molecular formula is C69H116O6. The number of ether oxygens (including phenoxy) is 3. The predicted molar refractivity (Wildman–Crippen MR) is 325 cm³/mol. The van der Waals surface area contributed by atoms with Crippen molar-refractivity contribution in [2.24, 2.45) is 0 Å². The van der Waals surface area contributed by atoms with E-state index in [-0.39, 0.29) is 37.5 Å². The molecular weight excluding hydrogens is 925 g/mol. The topological polar surface area (TPSA) is 78.9 Å². The number of carbonyl (C=O) groups excluding carboxylic acids is 3. The van der Waals surface area contributed by atoms with Gasteiger partial charge in [0.05, 0.1) is 0 Å². The fourth-order valence-corrected chi connectivity index (χ4v) is 8.55. The first-order valence-electron chi connectivity index (χ1n) is 31.4. The molecule has 1 atom stereocenters. The third-order valence-corrected chi connectivity index (χ3v) is 13.2. The fourth-order valence-electron chi connectivity index (χ4n) is 8.55. The van der Waals surface area contributed by atoms with Gasteiger partial charge in [0.25, 0.3) is 0 Å². The highest BCUT2D eigenvalue weighted by Crippen LogP contribution is 2.15. The molecule has 0 aromatic carbocycles. The molecule has 0 spiro atoms. The van der Waals surface area contributed by atoms with Crippen LogP contribution >= 0.6 is 0 Å². The van der Waals surface area contributed by atoms with Crippen LogP contribution in [-0.4, -0.2) is 37.2 Å². The van der Waals surface area contributed by atoms with Crippen LogP contribution in [-0.2, 0) is 28.6 Å². The Kier molecular flexibility index (Phi) is 59.3. The summed E-state index contributed by atoms with van der Waals surface area (Å²) in [5.74, 6) is -0.998. The van der Waals surface area contributed by atoms with E-state index in [4.69, 9.17) is 14.2 Å². The van der Waals surface area contributed by atoms with Crippen molar-refractivity contribution in [1.82, 2.24) is 0 Å². The third-order valence-electron chi connectivity index (χ3n) is 13.2. The number of hydrogen-bond acceptors (Lipinski definition) is 6. The summed E-state index contributed by atoms with van der Waals surface area (Å²) in [5, 5.41) is 0. The van der Waals surface area contributed by atoms with Crippen molar-refractivity contribution < 1.29 is 28.6 Å². The molecule has 0 aliphatic heterocycles. The molecule has 428 valence electrons. The highest BCUT2D eigenvalue weighted by Gasteiger charge is 2.19. The maximum Gasteiger partial charge on any atom is 0.306 e. The smallest absolute Gasteiger partial charge is 0.306 e. The Labute approximate surface area is 463 Å². The van der Waals surface area contributed by atoms with E-state index in [9.17, 15) is 14.4 Å². The molecule has 0 radical (unpaired) electrons. The number of allylic oxidation sites excluding steroid dienone is 18. The van der Waals surface area contributed by atoms with Crippen LogP contribution in [0.15, 0.2) is 109 Å². The minimum absolute atomic E-state index is 0.107. The van der Waals surface area contributed by atoms with Crippen molar-refractivity contribution in [3.05, 3.63) is 109 Å². The maximum atomic E-state index is 12.9. The van der Waals surface area contributed by atoms with Gasteiger partial charge in [-0.15, -0.1) is 0 Å². The second-order valence-corrected chi connectivity index (χ2v) is 20.6. The van der Waals surface area contributed by atoms with Crippen LogP contribution < -0.4 is 0 Å². The fraction of sp³-hybridized carbons (Fsp3) is 0.696. The Hall–Kier alpha value is -3.93. The number of esters is 3. The van der Waals surface area contributed by atoms with Gasteiger partial charge in [0.15, 0.2) is 6.10 Å². The van der Waals surface area contributed by atoms with Gasteiger partial charge in [-0.3, -0.25) is 14.4 Å². The molecule has 0 amide bonds. The van der Waals surface area contributed by atoms with Gasteiger partial charge in [0.1, 0.15) is 13.2 Å². The van der Waals surface area contributed by atoms with Crippen molar-refractivity contribution in [3.8, 4) is 0 Å². The van der Waals surface area contributed by atoms with Crippen LogP contribution in [0.2, 0.25) is 0 Å². The van der Waals surface area contributed by atoms with Gasteiger partial charge in [-0.1, -0.05) is 265 Å². The molecule has 75 heavy (non-hydrogen) atoms. The molecule has 0 aliphatic carbocycles. The van der Waals surface area contributed by atoms with Gasteiger partial charge in [-0.05, 0) is 116 Å². The minimum atomic E-state index is -0.815. The van der Waals surface area contributed by atoms with E-state index in [1.54, 1.807) is 0 Å². The average molecular weight is 1040 g/mol. The molecule has 0 N–H and O–H groups in total. The Morgan fingerprint density at radius 3 is 0.893 bits per heavy atom. The molecule has 0 saturated heterocycles. The highest BCUT2D eigenvalue weighted by molar-refractivity contribution is 5.71. The highest BCUT2D eigenvalue weighted by atomic mass is 16.6. The largest absolute Gasteiger partial charge is 0.462 e. The molecule has 1 unspecified atom stereocenters. The number of carbonyl (C=O) groups is 3. The molecule has 0 aromatic heterocycles. The lowest BCUT2D eigenvalue weighted by Gasteiger charge is -2.18. The Morgan fingerprint density at radius 1 is 0.280 bits per heavy atom. The summed E-state index contributed by atoms with van der Waals surface area (Å²) in [5.41, 5.74) is 0. The van der Waals surface area contributed by atoms with E-state index in [0.717, 1.165) is 89.9 Å². The second kappa shape index (κ2) is 62.6. The van der Waals surface area contributed by atoms with Crippen LogP contribution in [0.25, 0.3) is 0 Å². The van der Waals surface area contributed by atoms with Gasteiger partial charge in [-0.25, -0.2) is 0 Å². The lowest BCUT2D eigenvalue weighted by atomic mass is 10.1. The first-order valence-corrected chi connectivity index (χ1v) is 31.4. The zero-order valence-electron chi connectivity index (χ0n) is 49.0. The summed E-state index contributed by atoms with van der Waals surface area (Å²) in [6, 6.07) is 0. The van der Waals surface area contributed by atoms with Gasteiger partial charge < -0.3 is 14.2 Å². The van der Waals surface area contributed by atoms with Gasteiger partial charge >= 0.3 is 17.9 Å². The number of unbranched alkanes of at least 4 members (excludes halogenated alkanes) is 27. The first-order chi connectivity index (χ1) is 37.0. The monoisotopic (exact) mass is 1040 g/mol. The molecule has 0 rings (SSSR count). The van der Waals surface area contributed by atoms with Gasteiger partial charge in [-0.2, -0.15) is 0 Å². The minimum Gasteiger partial charge on any atom is -0.462 e. The molecule has 6 heteroatoms. The quantitative estimate of drug-likeness (QED) is 0.0261. The van der Waals surface area contributed by atoms with E-state index < -0.39 is 6.10 Å². The normalized spacial score (nSPS) is 12.8. The molecule has 0 bridgehead atoms. The van der Waals surface area contributed by atoms with Crippen molar-refractivity contribution in [1.29, 1.82) is 0 Å². The zero-order chi connectivity index (χ0) is 54.3. The summed E-state index contributed by atoms with van der Waals surface area (Å²) in [6.45, 7) is 6.44. The summed E-state index contributed by atoms with van der Waals surface area (Å²) in [7, 11) is 0. The van der Waals surface area contributed by atoms with Crippen LogP contribution in [0.4, 0.5) is 0 Å². The Bertz CT molecular complexity index is 1520. The average Bonchev–Trinajstić information content (AvgIpc) is 3.41. The summed E-state index contributed by atoms with van der Waals surface area (Å²) in [4.78, 5) is 38.2. The summed E-state index contributed by atoms with van der Waals surface area (Å²) >= 11 is 0. The number of hydrogen-bond donors (Lipinski definition) is 0.